The summed E-state index contributed by atoms with van der Waals surface area (Å²) in [5.74, 6) is 1.12. The second-order valence-electron chi connectivity index (χ2n) is 3.97. The van der Waals surface area contributed by atoms with Gasteiger partial charge in [0.1, 0.15) is 0 Å². The van der Waals surface area contributed by atoms with Gasteiger partial charge in [0, 0.05) is 6.08 Å². The number of ether oxygens (including phenoxy) is 3. The van der Waals surface area contributed by atoms with E-state index in [1.54, 1.807) is 6.08 Å². The Balaban J connectivity index is 1.90. The molecule has 1 aliphatic rings. The normalized spacial score (nSPS) is 12.9. The molecule has 1 aromatic rings. The van der Waals surface area contributed by atoms with Gasteiger partial charge in [0.15, 0.2) is 11.5 Å². The van der Waals surface area contributed by atoms with Crippen LogP contribution in [0.15, 0.2) is 24.3 Å². The monoisotopic (exact) mass is 248 g/mol. The molecule has 4 heteroatoms. The second-order valence-corrected chi connectivity index (χ2v) is 3.97. The van der Waals surface area contributed by atoms with Gasteiger partial charge >= 0.3 is 5.97 Å². The summed E-state index contributed by atoms with van der Waals surface area (Å²) in [7, 11) is 0. The summed E-state index contributed by atoms with van der Waals surface area (Å²) in [6.07, 6.45) is 5.03. The summed E-state index contributed by atoms with van der Waals surface area (Å²) in [6.45, 7) is 2.78. The van der Waals surface area contributed by atoms with Crippen LogP contribution >= 0.6 is 0 Å². The van der Waals surface area contributed by atoms with Crippen LogP contribution in [0.2, 0.25) is 0 Å². The van der Waals surface area contributed by atoms with Crippen LogP contribution in [0.4, 0.5) is 0 Å². The highest BCUT2D eigenvalue weighted by Gasteiger charge is 2.12. The Labute approximate surface area is 106 Å². The van der Waals surface area contributed by atoms with E-state index in [-0.39, 0.29) is 12.8 Å². The predicted molar refractivity (Wildman–Crippen MR) is 67.5 cm³/mol. The SMILES string of the molecule is CCCCOC(=O)/C=C/c1ccc2c(c1)OCO2. The van der Waals surface area contributed by atoms with Crippen molar-refractivity contribution < 1.29 is 19.0 Å². The summed E-state index contributed by atoms with van der Waals surface area (Å²) >= 11 is 0. The maximum absolute atomic E-state index is 11.4. The average molecular weight is 248 g/mol. The molecule has 0 bridgehead atoms. The molecular weight excluding hydrogens is 232 g/mol. The van der Waals surface area contributed by atoms with E-state index in [4.69, 9.17) is 14.2 Å². The molecular formula is C14H16O4. The quantitative estimate of drug-likeness (QED) is 0.456. The lowest BCUT2D eigenvalue weighted by Gasteiger charge is -2.00. The Hall–Kier alpha value is -1.97. The van der Waals surface area contributed by atoms with Crippen LogP contribution in [0.5, 0.6) is 11.5 Å². The van der Waals surface area contributed by atoms with E-state index in [1.807, 2.05) is 18.2 Å². The summed E-state index contributed by atoms with van der Waals surface area (Å²) < 4.78 is 15.5. The Kier molecular flexibility index (Phi) is 4.23. The van der Waals surface area contributed by atoms with Gasteiger partial charge < -0.3 is 14.2 Å². The van der Waals surface area contributed by atoms with E-state index in [0.29, 0.717) is 12.4 Å². The van der Waals surface area contributed by atoms with Crippen molar-refractivity contribution in [1.29, 1.82) is 0 Å². The Morgan fingerprint density at radius 1 is 1.39 bits per heavy atom. The van der Waals surface area contributed by atoms with E-state index in [1.165, 1.54) is 6.08 Å². The third-order valence-electron chi connectivity index (χ3n) is 2.55. The number of fused-ring (bicyclic) bond motifs is 1. The highest BCUT2D eigenvalue weighted by molar-refractivity contribution is 5.87. The molecule has 0 aromatic heterocycles. The third-order valence-corrected chi connectivity index (χ3v) is 2.55. The number of carbonyl (C=O) groups is 1. The number of hydrogen-bond acceptors (Lipinski definition) is 4. The molecule has 0 spiro atoms. The number of rotatable bonds is 5. The molecule has 18 heavy (non-hydrogen) atoms. The highest BCUT2D eigenvalue weighted by Crippen LogP contribution is 2.32. The molecule has 0 N–H and O–H groups in total. The molecule has 0 radical (unpaired) electrons. The zero-order valence-electron chi connectivity index (χ0n) is 10.3. The molecule has 1 heterocycles. The van der Waals surface area contributed by atoms with E-state index < -0.39 is 0 Å². The number of unbranched alkanes of at least 4 members (excludes halogenated alkanes) is 1. The fraction of sp³-hybridized carbons (Fsp3) is 0.357. The first kappa shape index (κ1) is 12.5. The number of hydrogen-bond donors (Lipinski definition) is 0. The minimum Gasteiger partial charge on any atom is -0.463 e. The van der Waals surface area contributed by atoms with E-state index in [0.717, 1.165) is 24.2 Å². The largest absolute Gasteiger partial charge is 0.463 e. The van der Waals surface area contributed by atoms with Gasteiger partial charge in [-0.25, -0.2) is 4.79 Å². The van der Waals surface area contributed by atoms with E-state index in [2.05, 4.69) is 6.92 Å². The van der Waals surface area contributed by atoms with Crippen LogP contribution in [0.3, 0.4) is 0 Å². The molecule has 1 aliphatic heterocycles. The zero-order valence-corrected chi connectivity index (χ0v) is 10.3. The molecule has 1 aromatic carbocycles. The Morgan fingerprint density at radius 2 is 2.22 bits per heavy atom. The molecule has 0 saturated heterocycles. The topological polar surface area (TPSA) is 44.8 Å². The molecule has 0 atom stereocenters. The van der Waals surface area contributed by atoms with Crippen molar-refractivity contribution in [2.45, 2.75) is 19.8 Å². The summed E-state index contributed by atoms with van der Waals surface area (Å²) in [5, 5.41) is 0. The fourth-order valence-electron chi connectivity index (χ4n) is 1.55. The Morgan fingerprint density at radius 3 is 3.06 bits per heavy atom. The number of esters is 1. The van der Waals surface area contributed by atoms with Crippen molar-refractivity contribution in [3.8, 4) is 11.5 Å². The zero-order chi connectivity index (χ0) is 12.8. The van der Waals surface area contributed by atoms with Gasteiger partial charge in [-0.2, -0.15) is 0 Å². The smallest absolute Gasteiger partial charge is 0.330 e. The first-order valence-electron chi connectivity index (χ1n) is 6.04. The lowest BCUT2D eigenvalue weighted by molar-refractivity contribution is -0.137. The number of benzene rings is 1. The first-order valence-corrected chi connectivity index (χ1v) is 6.04. The van der Waals surface area contributed by atoms with Crippen LogP contribution < -0.4 is 9.47 Å². The average Bonchev–Trinajstić information content (AvgIpc) is 2.84. The van der Waals surface area contributed by atoms with Gasteiger partial charge in [-0.05, 0) is 30.2 Å². The van der Waals surface area contributed by atoms with Crippen molar-refractivity contribution in [2.75, 3.05) is 13.4 Å². The molecule has 4 nitrogen and oxygen atoms in total. The van der Waals surface area contributed by atoms with E-state index in [9.17, 15) is 4.79 Å². The van der Waals surface area contributed by atoms with Gasteiger partial charge in [0.2, 0.25) is 6.79 Å². The molecule has 2 rings (SSSR count). The summed E-state index contributed by atoms with van der Waals surface area (Å²) in [5.41, 5.74) is 0.881. The van der Waals surface area contributed by atoms with Crippen molar-refractivity contribution in [2.24, 2.45) is 0 Å². The molecule has 0 unspecified atom stereocenters. The molecule has 0 amide bonds. The molecule has 0 saturated carbocycles. The second kappa shape index (κ2) is 6.10. The maximum Gasteiger partial charge on any atom is 0.330 e. The van der Waals surface area contributed by atoms with Crippen LogP contribution in [0, 0.1) is 0 Å². The predicted octanol–water partition coefficient (Wildman–Crippen LogP) is 2.77. The molecule has 96 valence electrons. The maximum atomic E-state index is 11.4. The Bertz CT molecular complexity index is 451. The van der Waals surface area contributed by atoms with Crippen LogP contribution in [0.25, 0.3) is 6.08 Å². The van der Waals surface area contributed by atoms with Gasteiger partial charge in [-0.1, -0.05) is 19.4 Å². The van der Waals surface area contributed by atoms with Crippen LogP contribution in [-0.4, -0.2) is 19.4 Å². The lowest BCUT2D eigenvalue weighted by Crippen LogP contribution is -2.01. The standard InChI is InChI=1S/C14H16O4/c1-2-3-8-16-14(15)7-5-11-4-6-12-13(9-11)18-10-17-12/h4-7,9H,2-3,8,10H2,1H3/b7-5+. The summed E-state index contributed by atoms with van der Waals surface area (Å²) in [6, 6.07) is 5.52. The highest BCUT2D eigenvalue weighted by atomic mass is 16.7. The van der Waals surface area contributed by atoms with Gasteiger partial charge in [0.25, 0.3) is 0 Å². The van der Waals surface area contributed by atoms with Gasteiger partial charge in [0.05, 0.1) is 6.61 Å². The summed E-state index contributed by atoms with van der Waals surface area (Å²) in [4.78, 5) is 11.4. The van der Waals surface area contributed by atoms with Crippen molar-refractivity contribution in [3.63, 3.8) is 0 Å². The lowest BCUT2D eigenvalue weighted by atomic mass is 10.2. The first-order chi connectivity index (χ1) is 8.79. The molecule has 0 aliphatic carbocycles. The fourth-order valence-corrected chi connectivity index (χ4v) is 1.55. The van der Waals surface area contributed by atoms with Crippen LogP contribution in [-0.2, 0) is 9.53 Å². The minimum absolute atomic E-state index is 0.252. The van der Waals surface area contributed by atoms with E-state index >= 15 is 0 Å². The molecule has 0 fully saturated rings. The minimum atomic E-state index is -0.318. The van der Waals surface area contributed by atoms with Gasteiger partial charge in [-0.3, -0.25) is 0 Å². The van der Waals surface area contributed by atoms with Crippen molar-refractivity contribution in [1.82, 2.24) is 0 Å². The van der Waals surface area contributed by atoms with Crippen molar-refractivity contribution in [3.05, 3.63) is 29.8 Å². The number of carbonyl (C=O) groups excluding carboxylic acids is 1. The van der Waals surface area contributed by atoms with Gasteiger partial charge in [-0.15, -0.1) is 0 Å². The van der Waals surface area contributed by atoms with Crippen molar-refractivity contribution >= 4 is 12.0 Å². The van der Waals surface area contributed by atoms with Crippen LogP contribution in [0.1, 0.15) is 25.3 Å². The third kappa shape index (κ3) is 3.26.